The molecule has 0 spiro atoms. The van der Waals surface area contributed by atoms with E-state index in [0.717, 1.165) is 42.7 Å². The molecule has 2 heterocycles. The molecule has 1 aromatic heterocycles. The van der Waals surface area contributed by atoms with Crippen LogP contribution in [-0.4, -0.2) is 41.0 Å². The molecule has 100 valence electrons. The van der Waals surface area contributed by atoms with Gasteiger partial charge in [-0.3, -0.25) is 0 Å². The third kappa shape index (κ3) is 3.67. The molecule has 1 N–H and O–H groups in total. The van der Waals surface area contributed by atoms with Crippen molar-refractivity contribution in [2.45, 2.75) is 43.6 Å². The summed E-state index contributed by atoms with van der Waals surface area (Å²) < 4.78 is 5.57. The molecule has 2 atom stereocenters. The summed E-state index contributed by atoms with van der Waals surface area (Å²) in [5.41, 5.74) is 2.06. The second kappa shape index (κ2) is 6.50. The van der Waals surface area contributed by atoms with Crippen LogP contribution in [0.1, 0.15) is 24.7 Å². The van der Waals surface area contributed by atoms with E-state index >= 15 is 0 Å². The fourth-order valence-electron chi connectivity index (χ4n) is 2.21. The lowest BCUT2D eigenvalue weighted by Crippen LogP contribution is -2.44. The summed E-state index contributed by atoms with van der Waals surface area (Å²) in [5.74, 6) is 0. The minimum Gasteiger partial charge on any atom is -0.380 e. The van der Waals surface area contributed by atoms with Gasteiger partial charge in [0.1, 0.15) is 0 Å². The molecular formula is C13H21N3OS. The zero-order valence-electron chi connectivity index (χ0n) is 11.3. The predicted octanol–water partition coefficient (Wildman–Crippen LogP) is 1.95. The molecule has 1 fully saturated rings. The molecular weight excluding hydrogens is 246 g/mol. The highest BCUT2D eigenvalue weighted by molar-refractivity contribution is 7.99. The lowest BCUT2D eigenvalue weighted by Gasteiger charge is -2.31. The van der Waals surface area contributed by atoms with Crippen molar-refractivity contribution in [3.8, 4) is 0 Å². The smallest absolute Gasteiger partial charge is 0.188 e. The number of ether oxygens (including phenoxy) is 1. The van der Waals surface area contributed by atoms with Gasteiger partial charge < -0.3 is 10.1 Å². The monoisotopic (exact) mass is 267 g/mol. The third-order valence-electron chi connectivity index (χ3n) is 2.99. The Labute approximate surface area is 113 Å². The Morgan fingerprint density at radius 2 is 2.11 bits per heavy atom. The first-order chi connectivity index (χ1) is 8.69. The third-order valence-corrected chi connectivity index (χ3v) is 4.15. The van der Waals surface area contributed by atoms with Crippen molar-refractivity contribution in [1.82, 2.24) is 15.3 Å². The first kappa shape index (κ1) is 13.8. The molecule has 18 heavy (non-hydrogen) atoms. The summed E-state index contributed by atoms with van der Waals surface area (Å²) in [4.78, 5) is 8.98. The van der Waals surface area contributed by atoms with Gasteiger partial charge >= 0.3 is 0 Å². The largest absolute Gasteiger partial charge is 0.380 e. The Hall–Kier alpha value is -0.650. The Bertz CT molecular complexity index is 378. The van der Waals surface area contributed by atoms with Crippen LogP contribution >= 0.6 is 11.8 Å². The number of hydrogen-bond acceptors (Lipinski definition) is 5. The Morgan fingerprint density at radius 1 is 1.39 bits per heavy atom. The summed E-state index contributed by atoms with van der Waals surface area (Å²) in [6.45, 7) is 8.79. The number of nitrogens with zero attached hydrogens (tertiary/aromatic N) is 2. The predicted molar refractivity (Wildman–Crippen MR) is 74.1 cm³/mol. The van der Waals surface area contributed by atoms with Crippen molar-refractivity contribution in [1.29, 1.82) is 0 Å². The van der Waals surface area contributed by atoms with E-state index in [-0.39, 0.29) is 0 Å². The maximum atomic E-state index is 5.57. The summed E-state index contributed by atoms with van der Waals surface area (Å²) in [7, 11) is 0. The maximum absolute atomic E-state index is 5.57. The number of aromatic nitrogens is 2. The van der Waals surface area contributed by atoms with Gasteiger partial charge in [0, 0.05) is 24.0 Å². The first-order valence-electron chi connectivity index (χ1n) is 6.49. The summed E-state index contributed by atoms with van der Waals surface area (Å²) >= 11 is 1.73. The van der Waals surface area contributed by atoms with Gasteiger partial charge in [-0.05, 0) is 32.9 Å². The van der Waals surface area contributed by atoms with E-state index in [0.29, 0.717) is 11.3 Å². The van der Waals surface area contributed by atoms with Crippen LogP contribution in [0.3, 0.4) is 0 Å². The fraction of sp³-hybridized carbons (Fsp3) is 0.692. The zero-order chi connectivity index (χ0) is 13.0. The summed E-state index contributed by atoms with van der Waals surface area (Å²) in [6, 6.07) is 2.50. The van der Waals surface area contributed by atoms with Crippen LogP contribution in [0.25, 0.3) is 0 Å². The van der Waals surface area contributed by atoms with E-state index in [4.69, 9.17) is 4.74 Å². The average Bonchev–Trinajstić information content (AvgIpc) is 2.30. The highest BCUT2D eigenvalue weighted by Gasteiger charge is 2.26. The molecule has 5 heteroatoms. The number of aryl methyl sites for hydroxylation is 2. The van der Waals surface area contributed by atoms with Gasteiger partial charge in [0.05, 0.1) is 11.9 Å². The van der Waals surface area contributed by atoms with Gasteiger partial charge in [0.2, 0.25) is 0 Å². The van der Waals surface area contributed by atoms with E-state index in [1.807, 2.05) is 19.9 Å². The van der Waals surface area contributed by atoms with Gasteiger partial charge in [-0.1, -0.05) is 18.7 Å². The molecule has 1 aromatic rings. The standard InChI is InChI=1S/C13H21N3OS/c1-4-14-11-5-6-17-8-12(11)18-13-15-9(2)7-10(3)16-13/h7,11-12,14H,4-6,8H2,1-3H3. The summed E-state index contributed by atoms with van der Waals surface area (Å²) in [5, 5.41) is 4.80. The number of nitrogens with one attached hydrogen (secondary N) is 1. The number of rotatable bonds is 4. The normalized spacial score (nSPS) is 24.2. The molecule has 0 aliphatic carbocycles. The Kier molecular flexibility index (Phi) is 4.97. The lowest BCUT2D eigenvalue weighted by molar-refractivity contribution is 0.0836. The molecule has 4 nitrogen and oxygen atoms in total. The fourth-order valence-corrected chi connectivity index (χ4v) is 3.43. The van der Waals surface area contributed by atoms with Crippen molar-refractivity contribution in [2.75, 3.05) is 19.8 Å². The van der Waals surface area contributed by atoms with Crippen LogP contribution in [0.5, 0.6) is 0 Å². The van der Waals surface area contributed by atoms with Gasteiger partial charge in [-0.25, -0.2) is 9.97 Å². The second-order valence-electron chi connectivity index (χ2n) is 4.62. The quantitative estimate of drug-likeness (QED) is 0.845. The van der Waals surface area contributed by atoms with Crippen molar-refractivity contribution in [2.24, 2.45) is 0 Å². The molecule has 2 rings (SSSR count). The minimum atomic E-state index is 0.403. The van der Waals surface area contributed by atoms with Crippen LogP contribution in [0, 0.1) is 13.8 Å². The average molecular weight is 267 g/mol. The molecule has 0 aromatic carbocycles. The minimum absolute atomic E-state index is 0.403. The van der Waals surface area contributed by atoms with E-state index in [1.54, 1.807) is 11.8 Å². The van der Waals surface area contributed by atoms with Gasteiger partial charge in [-0.2, -0.15) is 0 Å². The molecule has 0 radical (unpaired) electrons. The van der Waals surface area contributed by atoms with Crippen molar-refractivity contribution in [3.05, 3.63) is 17.5 Å². The Morgan fingerprint density at radius 3 is 2.78 bits per heavy atom. The zero-order valence-corrected chi connectivity index (χ0v) is 12.1. The van der Waals surface area contributed by atoms with Gasteiger partial charge in [-0.15, -0.1) is 0 Å². The van der Waals surface area contributed by atoms with E-state index in [2.05, 4.69) is 22.2 Å². The highest BCUT2D eigenvalue weighted by atomic mass is 32.2. The van der Waals surface area contributed by atoms with Crippen molar-refractivity contribution >= 4 is 11.8 Å². The topological polar surface area (TPSA) is 47.0 Å². The molecule has 1 aliphatic heterocycles. The van der Waals surface area contributed by atoms with Crippen LogP contribution in [0.4, 0.5) is 0 Å². The number of hydrogen-bond donors (Lipinski definition) is 1. The molecule has 1 aliphatic rings. The summed E-state index contributed by atoms with van der Waals surface area (Å²) in [6.07, 6.45) is 1.07. The van der Waals surface area contributed by atoms with E-state index < -0.39 is 0 Å². The lowest BCUT2D eigenvalue weighted by atomic mass is 10.1. The maximum Gasteiger partial charge on any atom is 0.188 e. The van der Waals surface area contributed by atoms with Crippen LogP contribution in [-0.2, 0) is 4.74 Å². The highest BCUT2D eigenvalue weighted by Crippen LogP contribution is 2.26. The molecule has 0 amide bonds. The van der Waals surface area contributed by atoms with Crippen molar-refractivity contribution in [3.63, 3.8) is 0 Å². The molecule has 0 bridgehead atoms. The van der Waals surface area contributed by atoms with Crippen molar-refractivity contribution < 1.29 is 4.74 Å². The van der Waals surface area contributed by atoms with Crippen LogP contribution in [0.2, 0.25) is 0 Å². The molecule has 1 saturated heterocycles. The van der Waals surface area contributed by atoms with Gasteiger partial charge in [0.15, 0.2) is 5.16 Å². The first-order valence-corrected chi connectivity index (χ1v) is 7.37. The van der Waals surface area contributed by atoms with Gasteiger partial charge in [0.25, 0.3) is 0 Å². The second-order valence-corrected chi connectivity index (χ2v) is 5.82. The van der Waals surface area contributed by atoms with Crippen LogP contribution in [0.15, 0.2) is 11.2 Å². The van der Waals surface area contributed by atoms with E-state index in [1.165, 1.54) is 0 Å². The molecule has 2 unspecified atom stereocenters. The van der Waals surface area contributed by atoms with E-state index in [9.17, 15) is 0 Å². The number of thioether (sulfide) groups is 1. The van der Waals surface area contributed by atoms with Crippen LogP contribution < -0.4 is 5.32 Å². The molecule has 0 saturated carbocycles. The SMILES string of the molecule is CCNC1CCOCC1Sc1nc(C)cc(C)n1. The Balaban J connectivity index is 2.05.